The number of carbonyl (C=O) groups is 2. The predicted octanol–water partition coefficient (Wildman–Crippen LogP) is 0.758. The summed E-state index contributed by atoms with van der Waals surface area (Å²) in [5.74, 6) is -1.39. The molecule has 1 heterocycles. The highest BCUT2D eigenvalue weighted by Crippen LogP contribution is 2.25. The van der Waals surface area contributed by atoms with Gasteiger partial charge in [-0.3, -0.25) is 4.79 Å². The van der Waals surface area contributed by atoms with E-state index in [1.165, 1.54) is 6.07 Å². The number of amides is 1. The summed E-state index contributed by atoms with van der Waals surface area (Å²) in [6.07, 6.45) is 0. The normalized spacial score (nSPS) is 9.93. The minimum atomic E-state index is -0.957. The van der Waals surface area contributed by atoms with Crippen LogP contribution in [0.4, 0.5) is 5.00 Å². The molecule has 0 atom stereocenters. The van der Waals surface area contributed by atoms with E-state index in [0.717, 1.165) is 16.3 Å². The molecule has 1 rings (SSSR count). The van der Waals surface area contributed by atoms with Crippen molar-refractivity contribution in [3.05, 3.63) is 17.0 Å². The van der Waals surface area contributed by atoms with Gasteiger partial charge < -0.3 is 15.7 Å². The van der Waals surface area contributed by atoms with Crippen molar-refractivity contribution < 1.29 is 14.7 Å². The molecule has 1 amide bonds. The molecule has 0 saturated heterocycles. The number of likely N-dealkylation sites (N-methyl/N-ethyl adjacent to an activating group) is 1. The first-order valence-corrected chi connectivity index (χ1v) is 5.22. The monoisotopic (exact) mass is 228 g/mol. The van der Waals surface area contributed by atoms with Crippen molar-refractivity contribution in [2.24, 2.45) is 5.73 Å². The van der Waals surface area contributed by atoms with Crippen LogP contribution in [0.2, 0.25) is 0 Å². The lowest BCUT2D eigenvalue weighted by Gasteiger charge is -2.18. The summed E-state index contributed by atoms with van der Waals surface area (Å²) in [4.78, 5) is 23.4. The molecule has 15 heavy (non-hydrogen) atoms. The molecule has 0 aliphatic carbocycles. The van der Waals surface area contributed by atoms with Crippen molar-refractivity contribution in [2.45, 2.75) is 6.92 Å². The van der Waals surface area contributed by atoms with Crippen LogP contribution in [0.5, 0.6) is 0 Å². The van der Waals surface area contributed by atoms with Crippen LogP contribution >= 0.6 is 11.3 Å². The van der Waals surface area contributed by atoms with E-state index >= 15 is 0 Å². The van der Waals surface area contributed by atoms with Gasteiger partial charge in [-0.05, 0) is 19.1 Å². The second kappa shape index (κ2) is 4.79. The Hall–Kier alpha value is -1.56. The molecular weight excluding hydrogens is 216 g/mol. The van der Waals surface area contributed by atoms with Crippen LogP contribution in [-0.2, 0) is 4.79 Å². The lowest BCUT2D eigenvalue weighted by atomic mass is 10.4. The lowest BCUT2D eigenvalue weighted by Crippen LogP contribution is -2.32. The molecular formula is C9H12N2O3S. The summed E-state index contributed by atoms with van der Waals surface area (Å²) in [6, 6.07) is 3.20. The number of primary amides is 1. The Kier molecular flexibility index (Phi) is 3.68. The number of carboxylic acid groups (broad SMARTS) is 1. The number of hydrogen-bond acceptors (Lipinski definition) is 4. The second-order valence-electron chi connectivity index (χ2n) is 2.92. The van der Waals surface area contributed by atoms with Crippen LogP contribution in [0, 0.1) is 0 Å². The van der Waals surface area contributed by atoms with Crippen LogP contribution in [0.1, 0.15) is 16.6 Å². The molecule has 0 spiro atoms. The number of anilines is 1. The highest BCUT2D eigenvalue weighted by atomic mass is 32.1. The van der Waals surface area contributed by atoms with Crippen LogP contribution in [0.25, 0.3) is 0 Å². The Balaban J connectivity index is 2.83. The number of nitrogens with zero attached hydrogens (tertiary/aromatic N) is 1. The maximum Gasteiger partial charge on any atom is 0.345 e. The lowest BCUT2D eigenvalue weighted by molar-refractivity contribution is -0.116. The van der Waals surface area contributed by atoms with Gasteiger partial charge in [0.15, 0.2) is 0 Å². The highest BCUT2D eigenvalue weighted by molar-refractivity contribution is 7.17. The summed E-state index contributed by atoms with van der Waals surface area (Å²) >= 11 is 1.13. The second-order valence-corrected chi connectivity index (χ2v) is 3.99. The molecule has 0 aliphatic rings. The maximum atomic E-state index is 10.8. The van der Waals surface area contributed by atoms with E-state index in [0.29, 0.717) is 6.54 Å². The van der Waals surface area contributed by atoms with E-state index in [-0.39, 0.29) is 11.4 Å². The highest BCUT2D eigenvalue weighted by Gasteiger charge is 2.12. The quantitative estimate of drug-likeness (QED) is 0.779. The first-order chi connectivity index (χ1) is 7.04. The van der Waals surface area contributed by atoms with Crippen molar-refractivity contribution in [3.63, 3.8) is 0 Å². The van der Waals surface area contributed by atoms with Gasteiger partial charge in [0.25, 0.3) is 0 Å². The summed E-state index contributed by atoms with van der Waals surface area (Å²) in [5.41, 5.74) is 5.08. The van der Waals surface area contributed by atoms with Crippen LogP contribution in [0.3, 0.4) is 0 Å². The number of nitrogens with two attached hydrogens (primary N) is 1. The van der Waals surface area contributed by atoms with Gasteiger partial charge in [0.05, 0.1) is 11.5 Å². The molecule has 1 aromatic heterocycles. The third-order valence-electron chi connectivity index (χ3n) is 1.84. The van der Waals surface area contributed by atoms with Gasteiger partial charge in [0.2, 0.25) is 5.91 Å². The Morgan fingerprint density at radius 2 is 2.20 bits per heavy atom. The summed E-state index contributed by atoms with van der Waals surface area (Å²) < 4.78 is 0. The van der Waals surface area contributed by atoms with E-state index in [9.17, 15) is 9.59 Å². The van der Waals surface area contributed by atoms with Gasteiger partial charge in [-0.25, -0.2) is 4.79 Å². The Morgan fingerprint density at radius 1 is 1.53 bits per heavy atom. The van der Waals surface area contributed by atoms with Gasteiger partial charge in [0, 0.05) is 6.54 Å². The van der Waals surface area contributed by atoms with E-state index < -0.39 is 11.9 Å². The zero-order valence-electron chi connectivity index (χ0n) is 8.27. The molecule has 0 unspecified atom stereocenters. The number of rotatable bonds is 5. The number of aromatic carboxylic acids is 1. The summed E-state index contributed by atoms with van der Waals surface area (Å²) in [6.45, 7) is 2.60. The third kappa shape index (κ3) is 2.95. The predicted molar refractivity (Wildman–Crippen MR) is 58.4 cm³/mol. The number of carbonyl (C=O) groups excluding carboxylic acids is 1. The Bertz CT molecular complexity index is 375. The molecule has 0 saturated carbocycles. The van der Waals surface area contributed by atoms with Crippen LogP contribution in [-0.4, -0.2) is 30.1 Å². The zero-order chi connectivity index (χ0) is 11.4. The standard InChI is InChI=1S/C9H12N2O3S/c1-2-11(5-7(10)12)8-4-3-6(15-8)9(13)14/h3-4H,2,5H2,1H3,(H2,10,12)(H,13,14). The van der Waals surface area contributed by atoms with Crippen molar-refractivity contribution in [1.29, 1.82) is 0 Å². The van der Waals surface area contributed by atoms with Crippen molar-refractivity contribution in [1.82, 2.24) is 0 Å². The Morgan fingerprint density at radius 3 is 2.60 bits per heavy atom. The molecule has 0 radical (unpaired) electrons. The smallest absolute Gasteiger partial charge is 0.345 e. The van der Waals surface area contributed by atoms with Gasteiger partial charge >= 0.3 is 5.97 Å². The SMILES string of the molecule is CCN(CC(N)=O)c1ccc(C(=O)O)s1. The molecule has 3 N–H and O–H groups in total. The minimum Gasteiger partial charge on any atom is -0.477 e. The number of thiophene rings is 1. The third-order valence-corrected chi connectivity index (χ3v) is 2.98. The average Bonchev–Trinajstić information content (AvgIpc) is 2.62. The van der Waals surface area contributed by atoms with Gasteiger partial charge in [-0.2, -0.15) is 0 Å². The van der Waals surface area contributed by atoms with Crippen LogP contribution < -0.4 is 10.6 Å². The summed E-state index contributed by atoms with van der Waals surface area (Å²) in [7, 11) is 0. The van der Waals surface area contributed by atoms with Gasteiger partial charge in [-0.15, -0.1) is 11.3 Å². The van der Waals surface area contributed by atoms with E-state index in [1.54, 1.807) is 11.0 Å². The minimum absolute atomic E-state index is 0.107. The first kappa shape index (κ1) is 11.5. The Labute approximate surface area is 91.1 Å². The molecule has 0 bridgehead atoms. The van der Waals surface area contributed by atoms with E-state index in [2.05, 4.69) is 0 Å². The maximum absolute atomic E-state index is 10.8. The molecule has 0 aromatic carbocycles. The van der Waals surface area contributed by atoms with Crippen molar-refractivity contribution >= 4 is 28.2 Å². The molecule has 0 aliphatic heterocycles. The topological polar surface area (TPSA) is 83.6 Å². The van der Waals surface area contributed by atoms with E-state index in [1.807, 2.05) is 6.92 Å². The molecule has 0 fully saturated rings. The van der Waals surface area contributed by atoms with Gasteiger partial charge in [0.1, 0.15) is 4.88 Å². The molecule has 6 heteroatoms. The average molecular weight is 228 g/mol. The summed E-state index contributed by atoms with van der Waals surface area (Å²) in [5, 5.41) is 9.48. The first-order valence-electron chi connectivity index (χ1n) is 4.41. The largest absolute Gasteiger partial charge is 0.477 e. The fourth-order valence-electron chi connectivity index (χ4n) is 1.15. The van der Waals surface area contributed by atoms with E-state index in [4.69, 9.17) is 10.8 Å². The number of carboxylic acids is 1. The fourth-order valence-corrected chi connectivity index (χ4v) is 2.05. The molecule has 1 aromatic rings. The van der Waals surface area contributed by atoms with Crippen LogP contribution in [0.15, 0.2) is 12.1 Å². The van der Waals surface area contributed by atoms with Gasteiger partial charge in [-0.1, -0.05) is 0 Å². The zero-order valence-corrected chi connectivity index (χ0v) is 9.08. The fraction of sp³-hybridized carbons (Fsp3) is 0.333. The van der Waals surface area contributed by atoms with Crippen molar-refractivity contribution in [2.75, 3.05) is 18.0 Å². The van der Waals surface area contributed by atoms with Crippen molar-refractivity contribution in [3.8, 4) is 0 Å². The molecule has 82 valence electrons. The molecule has 5 nitrogen and oxygen atoms in total. The number of hydrogen-bond donors (Lipinski definition) is 2.